The minimum atomic E-state index is -0.534. The topological polar surface area (TPSA) is 122 Å². The SMILES string of the molecule is CCOC(=O)COc1ccc(NC(=O)c2ccc(C(=N)N3CCC3)cc2)c(C(=O)Cc2ccc(Cl)cn2)c1. The van der Waals surface area contributed by atoms with Gasteiger partial charge >= 0.3 is 5.97 Å². The Labute approximate surface area is 225 Å². The third-order valence-corrected chi connectivity index (χ3v) is 6.15. The van der Waals surface area contributed by atoms with Gasteiger partial charge in [-0.2, -0.15) is 0 Å². The molecule has 1 amide bonds. The van der Waals surface area contributed by atoms with Gasteiger partial charge in [0.1, 0.15) is 11.6 Å². The molecule has 0 bridgehead atoms. The number of rotatable bonds is 10. The first-order valence-electron chi connectivity index (χ1n) is 12.2. The van der Waals surface area contributed by atoms with Crippen molar-refractivity contribution in [3.63, 3.8) is 0 Å². The number of Topliss-reactive ketones (excluding diaryl/α,β-unsaturated/α-hetero) is 1. The van der Waals surface area contributed by atoms with E-state index in [1.54, 1.807) is 55.5 Å². The molecule has 38 heavy (non-hydrogen) atoms. The van der Waals surface area contributed by atoms with E-state index in [1.807, 2.05) is 4.90 Å². The number of benzene rings is 2. The summed E-state index contributed by atoms with van der Waals surface area (Å²) >= 11 is 5.90. The van der Waals surface area contributed by atoms with Crippen LogP contribution < -0.4 is 10.1 Å². The Hall–Kier alpha value is -4.24. The molecule has 196 valence electrons. The second-order valence-corrected chi connectivity index (χ2v) is 9.03. The van der Waals surface area contributed by atoms with E-state index in [1.165, 1.54) is 12.3 Å². The van der Waals surface area contributed by atoms with Crippen LogP contribution in [0.5, 0.6) is 5.75 Å². The highest BCUT2D eigenvalue weighted by molar-refractivity contribution is 6.30. The molecule has 1 saturated heterocycles. The van der Waals surface area contributed by atoms with Gasteiger partial charge in [0.25, 0.3) is 5.91 Å². The van der Waals surface area contributed by atoms with Crippen LogP contribution in [0.3, 0.4) is 0 Å². The Morgan fingerprint density at radius 2 is 1.79 bits per heavy atom. The molecular formula is C28H27ClN4O5. The maximum Gasteiger partial charge on any atom is 0.344 e. The molecule has 1 fully saturated rings. The van der Waals surface area contributed by atoms with Crippen LogP contribution in [0, 0.1) is 5.41 Å². The summed E-state index contributed by atoms with van der Waals surface area (Å²) in [5.41, 5.74) is 2.11. The number of hydrogen-bond donors (Lipinski definition) is 2. The summed E-state index contributed by atoms with van der Waals surface area (Å²) in [5.74, 6) is -0.544. The van der Waals surface area contributed by atoms with E-state index in [4.69, 9.17) is 26.5 Å². The maximum atomic E-state index is 13.2. The molecule has 2 N–H and O–H groups in total. The van der Waals surface area contributed by atoms with Gasteiger partial charge in [0, 0.05) is 41.7 Å². The maximum absolute atomic E-state index is 13.2. The molecule has 0 atom stereocenters. The number of likely N-dealkylation sites (tertiary alicyclic amines) is 1. The lowest BCUT2D eigenvalue weighted by Crippen LogP contribution is -2.42. The summed E-state index contributed by atoms with van der Waals surface area (Å²) in [4.78, 5) is 44.1. The van der Waals surface area contributed by atoms with E-state index in [-0.39, 0.29) is 42.4 Å². The number of pyridine rings is 1. The van der Waals surface area contributed by atoms with Gasteiger partial charge in [0.05, 0.1) is 23.7 Å². The number of carbonyl (C=O) groups excluding carboxylic acids is 3. The van der Waals surface area contributed by atoms with Gasteiger partial charge in [0.15, 0.2) is 12.4 Å². The molecule has 0 unspecified atom stereocenters. The van der Waals surface area contributed by atoms with E-state index in [9.17, 15) is 14.4 Å². The number of halogens is 1. The molecule has 10 heteroatoms. The van der Waals surface area contributed by atoms with Crippen LogP contribution >= 0.6 is 11.6 Å². The Morgan fingerprint density at radius 3 is 2.42 bits per heavy atom. The number of anilines is 1. The quantitative estimate of drug-likeness (QED) is 0.171. The zero-order valence-electron chi connectivity index (χ0n) is 20.8. The van der Waals surface area contributed by atoms with Crippen molar-refractivity contribution in [1.82, 2.24) is 9.88 Å². The Balaban J connectivity index is 1.53. The average Bonchev–Trinajstić information content (AvgIpc) is 2.88. The number of ether oxygens (including phenoxy) is 2. The number of esters is 1. The molecule has 2 heterocycles. The van der Waals surface area contributed by atoms with Crippen molar-refractivity contribution in [2.45, 2.75) is 19.8 Å². The molecule has 3 aromatic rings. The standard InChI is InChI=1S/C28H27ClN4O5/c1-2-37-26(35)17-38-22-10-11-24(23(15-22)25(34)14-21-9-8-20(29)16-31-21)32-28(36)19-6-4-18(5-7-19)27(30)33-12-3-13-33/h4-11,15-16,30H,2-3,12-14,17H2,1H3,(H,32,36). The van der Waals surface area contributed by atoms with Gasteiger partial charge in [-0.15, -0.1) is 0 Å². The lowest BCUT2D eigenvalue weighted by molar-refractivity contribution is -0.145. The number of carbonyl (C=O) groups is 3. The third kappa shape index (κ3) is 6.74. The minimum absolute atomic E-state index is 0.0331. The highest BCUT2D eigenvalue weighted by atomic mass is 35.5. The van der Waals surface area contributed by atoms with Gasteiger partial charge in [0.2, 0.25) is 0 Å². The van der Waals surface area contributed by atoms with Crippen molar-refractivity contribution in [1.29, 1.82) is 5.41 Å². The number of amides is 1. The summed E-state index contributed by atoms with van der Waals surface area (Å²) in [6.07, 6.45) is 2.50. The van der Waals surface area contributed by atoms with E-state index in [0.29, 0.717) is 22.1 Å². The van der Waals surface area contributed by atoms with E-state index in [2.05, 4.69) is 10.3 Å². The van der Waals surface area contributed by atoms with Crippen molar-refractivity contribution in [3.8, 4) is 5.75 Å². The fraction of sp³-hybridized carbons (Fsp3) is 0.250. The number of aromatic nitrogens is 1. The molecule has 9 nitrogen and oxygen atoms in total. The van der Waals surface area contributed by atoms with Crippen LogP contribution in [0.1, 0.15) is 45.3 Å². The van der Waals surface area contributed by atoms with Gasteiger partial charge < -0.3 is 19.7 Å². The monoisotopic (exact) mass is 534 g/mol. The van der Waals surface area contributed by atoms with Crippen LogP contribution in [0.2, 0.25) is 5.02 Å². The highest BCUT2D eigenvalue weighted by Crippen LogP contribution is 2.25. The summed E-state index contributed by atoms with van der Waals surface area (Å²) < 4.78 is 10.4. The lowest BCUT2D eigenvalue weighted by atomic mass is 10.0. The third-order valence-electron chi connectivity index (χ3n) is 5.92. The van der Waals surface area contributed by atoms with Crippen molar-refractivity contribution in [2.24, 2.45) is 0 Å². The first kappa shape index (κ1) is 26.8. The average molecular weight is 535 g/mol. The largest absolute Gasteiger partial charge is 0.482 e. The molecule has 2 aromatic carbocycles. The first-order chi connectivity index (χ1) is 18.3. The summed E-state index contributed by atoms with van der Waals surface area (Å²) in [6, 6.07) is 14.6. The van der Waals surface area contributed by atoms with Gasteiger partial charge in [-0.05, 0) is 55.8 Å². The van der Waals surface area contributed by atoms with Crippen molar-refractivity contribution in [2.75, 3.05) is 31.6 Å². The van der Waals surface area contributed by atoms with Gasteiger partial charge in [-0.1, -0.05) is 23.7 Å². The van der Waals surface area contributed by atoms with Crippen LogP contribution in [0.15, 0.2) is 60.8 Å². The fourth-order valence-electron chi connectivity index (χ4n) is 3.76. The molecule has 1 aliphatic rings. The molecule has 0 radical (unpaired) electrons. The van der Waals surface area contributed by atoms with Crippen LogP contribution in [0.25, 0.3) is 0 Å². The van der Waals surface area contributed by atoms with E-state index in [0.717, 1.165) is 25.1 Å². The van der Waals surface area contributed by atoms with E-state index >= 15 is 0 Å². The zero-order chi connectivity index (χ0) is 27.1. The smallest absolute Gasteiger partial charge is 0.344 e. The van der Waals surface area contributed by atoms with Crippen molar-refractivity contribution < 1.29 is 23.9 Å². The van der Waals surface area contributed by atoms with E-state index < -0.39 is 11.9 Å². The molecule has 1 aliphatic heterocycles. The van der Waals surface area contributed by atoms with Crippen LogP contribution in [-0.4, -0.2) is 59.7 Å². The number of amidine groups is 1. The first-order valence-corrected chi connectivity index (χ1v) is 12.5. The number of hydrogen-bond acceptors (Lipinski definition) is 7. The molecule has 0 aliphatic carbocycles. The van der Waals surface area contributed by atoms with Crippen LogP contribution in [0.4, 0.5) is 5.69 Å². The highest BCUT2D eigenvalue weighted by Gasteiger charge is 2.20. The second-order valence-electron chi connectivity index (χ2n) is 8.59. The predicted octanol–water partition coefficient (Wildman–Crippen LogP) is 4.39. The molecule has 4 rings (SSSR count). The minimum Gasteiger partial charge on any atom is -0.482 e. The lowest BCUT2D eigenvalue weighted by Gasteiger charge is -2.33. The molecule has 1 aromatic heterocycles. The normalized spacial score (nSPS) is 12.3. The number of nitrogens with one attached hydrogen (secondary N) is 2. The molecular weight excluding hydrogens is 508 g/mol. The summed E-state index contributed by atoms with van der Waals surface area (Å²) in [5, 5.41) is 11.5. The molecule has 0 spiro atoms. The van der Waals surface area contributed by atoms with Crippen LogP contribution in [-0.2, 0) is 16.0 Å². The predicted molar refractivity (Wildman–Crippen MR) is 143 cm³/mol. The summed E-state index contributed by atoms with van der Waals surface area (Å²) in [7, 11) is 0. The molecule has 0 saturated carbocycles. The Kier molecular flexibility index (Phi) is 8.70. The Morgan fingerprint density at radius 1 is 1.05 bits per heavy atom. The second kappa shape index (κ2) is 12.3. The summed E-state index contributed by atoms with van der Waals surface area (Å²) in [6.45, 7) is 3.34. The zero-order valence-corrected chi connectivity index (χ0v) is 21.6. The van der Waals surface area contributed by atoms with Crippen molar-refractivity contribution in [3.05, 3.63) is 88.2 Å². The van der Waals surface area contributed by atoms with Gasteiger partial charge in [-0.3, -0.25) is 20.0 Å². The Bertz CT molecular complexity index is 1340. The van der Waals surface area contributed by atoms with Gasteiger partial charge in [-0.25, -0.2) is 4.79 Å². The van der Waals surface area contributed by atoms with Crippen molar-refractivity contribution >= 4 is 40.8 Å². The number of nitrogens with zero attached hydrogens (tertiary/aromatic N) is 2. The fourth-order valence-corrected chi connectivity index (χ4v) is 3.88. The number of ketones is 1.